The van der Waals surface area contributed by atoms with Crippen molar-refractivity contribution in [2.75, 3.05) is 7.11 Å². The van der Waals surface area contributed by atoms with Crippen LogP contribution in [0.25, 0.3) is 6.08 Å². The molecule has 0 bridgehead atoms. The average molecular weight is 428 g/mol. The number of halogens is 2. The number of esters is 1. The number of imide groups is 1. The maximum Gasteiger partial charge on any atom is 0.373 e. The zero-order chi connectivity index (χ0) is 19.7. The smallest absolute Gasteiger partial charge is 0.373 e. The van der Waals surface area contributed by atoms with Crippen molar-refractivity contribution < 1.29 is 28.6 Å². The van der Waals surface area contributed by atoms with Gasteiger partial charge in [-0.25, -0.2) is 4.79 Å². The number of thioether (sulfide) groups is 1. The summed E-state index contributed by atoms with van der Waals surface area (Å²) in [5, 5.41) is 9.78. The molecule has 1 aromatic carbocycles. The Bertz CT molecular complexity index is 984. The highest BCUT2D eigenvalue weighted by molar-refractivity contribution is 8.18. The monoisotopic (exact) mass is 427 g/mol. The Balaban J connectivity index is 1.83. The molecule has 3 rings (SSSR count). The van der Waals surface area contributed by atoms with E-state index in [4.69, 9.17) is 27.6 Å². The molecule has 1 fully saturated rings. The topological polar surface area (TPSA) is 97.0 Å². The maximum atomic E-state index is 12.5. The minimum atomic E-state index is -0.663. The van der Waals surface area contributed by atoms with Gasteiger partial charge in [0, 0.05) is 10.6 Å². The van der Waals surface area contributed by atoms with Crippen LogP contribution < -0.4 is 0 Å². The molecule has 2 amide bonds. The van der Waals surface area contributed by atoms with Crippen molar-refractivity contribution in [2.24, 2.45) is 0 Å². The Labute approximate surface area is 167 Å². The summed E-state index contributed by atoms with van der Waals surface area (Å²) in [6.07, 6.45) is 1.33. The first-order valence-electron chi connectivity index (χ1n) is 7.40. The standard InChI is InChI=1S/C17H11Cl2NO6S/c1-25-16(23)12-3-2-10(26-12)7-20-15(22)13(27-17(20)24)5-8-4-9(18)6-11(19)14(8)21/h2-6,21H,7H2,1H3. The van der Waals surface area contributed by atoms with Gasteiger partial charge in [0.25, 0.3) is 11.1 Å². The first kappa shape index (κ1) is 19.3. The highest BCUT2D eigenvalue weighted by atomic mass is 35.5. The third-order valence-electron chi connectivity index (χ3n) is 3.58. The van der Waals surface area contributed by atoms with E-state index < -0.39 is 17.1 Å². The Morgan fingerprint density at radius 1 is 1.33 bits per heavy atom. The molecule has 2 aromatic rings. The van der Waals surface area contributed by atoms with E-state index in [1.54, 1.807) is 0 Å². The molecule has 27 heavy (non-hydrogen) atoms. The van der Waals surface area contributed by atoms with E-state index in [-0.39, 0.29) is 44.3 Å². The molecule has 0 spiro atoms. The largest absolute Gasteiger partial charge is 0.506 e. The van der Waals surface area contributed by atoms with Crippen LogP contribution in [0.1, 0.15) is 21.9 Å². The summed E-state index contributed by atoms with van der Waals surface area (Å²) in [7, 11) is 1.21. The Kier molecular flexibility index (Phi) is 5.50. The number of phenolic OH excluding ortho intramolecular Hbond substituents is 1. The Hall–Kier alpha value is -2.42. The lowest BCUT2D eigenvalue weighted by Gasteiger charge is -2.10. The van der Waals surface area contributed by atoms with Crippen molar-refractivity contribution in [2.45, 2.75) is 6.54 Å². The number of hydrogen-bond donors (Lipinski definition) is 1. The van der Waals surface area contributed by atoms with Gasteiger partial charge in [-0.3, -0.25) is 14.5 Å². The van der Waals surface area contributed by atoms with E-state index in [9.17, 15) is 19.5 Å². The molecule has 10 heteroatoms. The van der Waals surface area contributed by atoms with Gasteiger partial charge in [-0.15, -0.1) is 0 Å². The normalized spacial score (nSPS) is 15.7. The van der Waals surface area contributed by atoms with E-state index in [0.29, 0.717) is 11.8 Å². The number of hydrogen-bond acceptors (Lipinski definition) is 7. The number of carbonyl (C=O) groups is 3. The number of amides is 2. The number of methoxy groups -OCH3 is 1. The SMILES string of the molecule is COC(=O)c1ccc(CN2C(=O)SC(=Cc3cc(Cl)cc(Cl)c3O)C2=O)o1. The summed E-state index contributed by atoms with van der Waals surface area (Å²) in [6, 6.07) is 5.65. The number of nitrogens with zero attached hydrogens (tertiary/aromatic N) is 1. The number of phenols is 1. The zero-order valence-corrected chi connectivity index (χ0v) is 16.0. The molecular formula is C17H11Cl2NO6S. The van der Waals surface area contributed by atoms with Crippen molar-refractivity contribution in [3.8, 4) is 5.75 Å². The van der Waals surface area contributed by atoms with Crippen LogP contribution in [0.3, 0.4) is 0 Å². The second-order valence-electron chi connectivity index (χ2n) is 5.35. The molecule has 0 saturated carbocycles. The van der Waals surface area contributed by atoms with Gasteiger partial charge in [0.2, 0.25) is 5.76 Å². The maximum absolute atomic E-state index is 12.5. The first-order chi connectivity index (χ1) is 12.8. The quantitative estimate of drug-likeness (QED) is 0.572. The number of carbonyl (C=O) groups excluding carboxylic acids is 3. The molecule has 1 aliphatic rings. The fourth-order valence-electron chi connectivity index (χ4n) is 2.30. The highest BCUT2D eigenvalue weighted by Gasteiger charge is 2.36. The molecule has 140 valence electrons. The number of furan rings is 1. The number of ether oxygens (including phenoxy) is 1. The molecule has 0 aliphatic carbocycles. The van der Waals surface area contributed by atoms with E-state index in [1.807, 2.05) is 0 Å². The average Bonchev–Trinajstić information content (AvgIpc) is 3.19. The van der Waals surface area contributed by atoms with Crippen LogP contribution in [0.4, 0.5) is 4.79 Å². The van der Waals surface area contributed by atoms with Crippen LogP contribution >= 0.6 is 35.0 Å². The summed E-state index contributed by atoms with van der Waals surface area (Å²) in [4.78, 5) is 37.2. The lowest BCUT2D eigenvalue weighted by Crippen LogP contribution is -2.27. The highest BCUT2D eigenvalue weighted by Crippen LogP contribution is 2.37. The predicted molar refractivity (Wildman–Crippen MR) is 99.7 cm³/mol. The molecule has 1 saturated heterocycles. The fraction of sp³-hybridized carbons (Fsp3) is 0.118. The summed E-state index contributed by atoms with van der Waals surface area (Å²) < 4.78 is 9.81. The van der Waals surface area contributed by atoms with Gasteiger partial charge >= 0.3 is 5.97 Å². The first-order valence-corrected chi connectivity index (χ1v) is 8.97. The molecule has 0 unspecified atom stereocenters. The van der Waals surface area contributed by atoms with Crippen LogP contribution in [0.15, 0.2) is 33.6 Å². The van der Waals surface area contributed by atoms with Gasteiger partial charge in [0.1, 0.15) is 11.5 Å². The number of benzene rings is 1. The van der Waals surface area contributed by atoms with Crippen molar-refractivity contribution in [1.29, 1.82) is 0 Å². The van der Waals surface area contributed by atoms with Crippen LogP contribution in [0, 0.1) is 0 Å². The predicted octanol–water partition coefficient (Wildman–Crippen LogP) is 4.32. The fourth-order valence-corrected chi connectivity index (χ4v) is 3.64. The zero-order valence-electron chi connectivity index (χ0n) is 13.7. The van der Waals surface area contributed by atoms with Crippen molar-refractivity contribution in [1.82, 2.24) is 4.90 Å². The molecule has 1 N–H and O–H groups in total. The van der Waals surface area contributed by atoms with Crippen molar-refractivity contribution >= 4 is 58.2 Å². The third kappa shape index (κ3) is 3.97. The second-order valence-corrected chi connectivity index (χ2v) is 7.19. The summed E-state index contributed by atoms with van der Waals surface area (Å²) in [6.45, 7) is -0.152. The molecule has 0 radical (unpaired) electrons. The molecule has 1 aromatic heterocycles. The van der Waals surface area contributed by atoms with Gasteiger partial charge in [-0.1, -0.05) is 23.2 Å². The molecule has 2 heterocycles. The second kappa shape index (κ2) is 7.67. The van der Waals surface area contributed by atoms with E-state index in [0.717, 1.165) is 4.90 Å². The Morgan fingerprint density at radius 2 is 2.07 bits per heavy atom. The minimum absolute atomic E-state index is 0.0268. The van der Waals surface area contributed by atoms with E-state index in [2.05, 4.69) is 4.74 Å². The van der Waals surface area contributed by atoms with Crippen LogP contribution in [-0.2, 0) is 16.1 Å². The number of aromatic hydroxyl groups is 1. The number of rotatable bonds is 4. The van der Waals surface area contributed by atoms with Gasteiger partial charge in [0.15, 0.2) is 0 Å². The van der Waals surface area contributed by atoms with Crippen LogP contribution in [-0.4, -0.2) is 34.2 Å². The van der Waals surface area contributed by atoms with Gasteiger partial charge in [0.05, 0.1) is 23.6 Å². The van der Waals surface area contributed by atoms with Gasteiger partial charge in [-0.05, 0) is 42.1 Å². The molecule has 1 aliphatic heterocycles. The molecular weight excluding hydrogens is 417 g/mol. The van der Waals surface area contributed by atoms with Crippen LogP contribution in [0.2, 0.25) is 10.0 Å². The van der Waals surface area contributed by atoms with E-state index >= 15 is 0 Å². The van der Waals surface area contributed by atoms with Gasteiger partial charge in [-0.2, -0.15) is 0 Å². The lowest BCUT2D eigenvalue weighted by atomic mass is 10.2. The van der Waals surface area contributed by atoms with Crippen LogP contribution in [0.5, 0.6) is 5.75 Å². The summed E-state index contributed by atoms with van der Waals surface area (Å²) >= 11 is 12.5. The summed E-state index contributed by atoms with van der Waals surface area (Å²) in [5.41, 5.74) is 0.212. The van der Waals surface area contributed by atoms with Crippen molar-refractivity contribution in [3.05, 3.63) is 56.3 Å². The van der Waals surface area contributed by atoms with E-state index in [1.165, 1.54) is 37.5 Å². The molecule has 7 nitrogen and oxygen atoms in total. The minimum Gasteiger partial charge on any atom is -0.506 e. The van der Waals surface area contributed by atoms with Crippen molar-refractivity contribution in [3.63, 3.8) is 0 Å². The lowest BCUT2D eigenvalue weighted by molar-refractivity contribution is -0.123. The summed E-state index contributed by atoms with van der Waals surface area (Å²) in [5.74, 6) is -1.28. The third-order valence-corrected chi connectivity index (χ3v) is 4.99. The molecule has 0 atom stereocenters. The van der Waals surface area contributed by atoms with Gasteiger partial charge < -0.3 is 14.3 Å². The Morgan fingerprint density at radius 3 is 2.78 bits per heavy atom.